The van der Waals surface area contributed by atoms with Crippen LogP contribution in [0.15, 0.2) is 10.7 Å². The van der Waals surface area contributed by atoms with E-state index in [0.717, 1.165) is 12.0 Å². The lowest BCUT2D eigenvalue weighted by Gasteiger charge is -2.35. The molecule has 180 valence electrons. The van der Waals surface area contributed by atoms with Gasteiger partial charge in [0.1, 0.15) is 10.2 Å². The molecule has 3 amide bonds. The number of urea groups is 1. The molecule has 0 radical (unpaired) electrons. The molecule has 0 aromatic carbocycles. The zero-order chi connectivity index (χ0) is 23.9. The number of aromatic nitrogens is 1. The summed E-state index contributed by atoms with van der Waals surface area (Å²) in [5.41, 5.74) is 0.246. The second kappa shape index (κ2) is 11.7. The highest BCUT2D eigenvalue weighted by atomic mass is 79.9. The lowest BCUT2D eigenvalue weighted by Crippen LogP contribution is -2.52. The Balaban J connectivity index is 2.23. The van der Waals surface area contributed by atoms with Gasteiger partial charge in [-0.3, -0.25) is 4.90 Å². The second-order valence-electron chi connectivity index (χ2n) is 8.96. The van der Waals surface area contributed by atoms with Crippen molar-refractivity contribution in [3.8, 4) is 11.6 Å². The number of fused-ring (bicyclic) bond motifs is 7. The number of aryl methyl sites for hydroxylation is 1. The number of halogens is 1. The van der Waals surface area contributed by atoms with E-state index >= 15 is 0 Å². The SMILES string of the molecule is COCCCOc1cc2c(Br)nc1OCN(C(=O)NC(=O)OC(C)(C)C)[C@H](C(C)C)CC2. The van der Waals surface area contributed by atoms with E-state index in [1.54, 1.807) is 27.9 Å². The Hall–Kier alpha value is -2.07. The molecule has 0 spiro atoms. The number of hydrogen-bond donors (Lipinski definition) is 1. The lowest BCUT2D eigenvalue weighted by molar-refractivity contribution is 0.0472. The Morgan fingerprint density at radius 3 is 2.69 bits per heavy atom. The highest BCUT2D eigenvalue weighted by Crippen LogP contribution is 2.33. The van der Waals surface area contributed by atoms with Crippen molar-refractivity contribution in [1.82, 2.24) is 15.2 Å². The first kappa shape index (κ1) is 26.2. The summed E-state index contributed by atoms with van der Waals surface area (Å²) in [7, 11) is 1.64. The van der Waals surface area contributed by atoms with E-state index in [2.05, 4.69) is 26.2 Å². The van der Waals surface area contributed by atoms with Gasteiger partial charge in [-0.15, -0.1) is 0 Å². The highest BCUT2D eigenvalue weighted by molar-refractivity contribution is 9.10. The summed E-state index contributed by atoms with van der Waals surface area (Å²) in [6.07, 6.45) is 1.25. The van der Waals surface area contributed by atoms with E-state index in [1.165, 1.54) is 4.90 Å². The summed E-state index contributed by atoms with van der Waals surface area (Å²) >= 11 is 3.51. The summed E-state index contributed by atoms with van der Waals surface area (Å²) in [5, 5.41) is 2.31. The highest BCUT2D eigenvalue weighted by Gasteiger charge is 2.31. The number of carbonyl (C=O) groups excluding carboxylic acids is 2. The van der Waals surface area contributed by atoms with Gasteiger partial charge < -0.3 is 18.9 Å². The molecular weight excluding hydrogens is 482 g/mol. The first-order valence-corrected chi connectivity index (χ1v) is 11.6. The predicted molar refractivity (Wildman–Crippen MR) is 123 cm³/mol. The molecule has 3 heterocycles. The number of carbonyl (C=O) groups is 2. The minimum absolute atomic E-state index is 0.0926. The second-order valence-corrected chi connectivity index (χ2v) is 9.71. The third-order valence-electron chi connectivity index (χ3n) is 4.82. The first-order chi connectivity index (χ1) is 15.0. The molecule has 0 aliphatic carbocycles. The number of nitrogens with one attached hydrogen (secondary N) is 1. The van der Waals surface area contributed by atoms with Crippen LogP contribution >= 0.6 is 15.9 Å². The van der Waals surface area contributed by atoms with E-state index in [0.29, 0.717) is 36.4 Å². The Morgan fingerprint density at radius 2 is 2.06 bits per heavy atom. The maximum Gasteiger partial charge on any atom is 0.415 e. The Bertz CT molecular complexity index is 797. The van der Waals surface area contributed by atoms with Crippen LogP contribution in [0.4, 0.5) is 9.59 Å². The van der Waals surface area contributed by atoms with Gasteiger partial charge in [0.05, 0.1) is 6.61 Å². The van der Waals surface area contributed by atoms with Gasteiger partial charge in [0.25, 0.3) is 5.88 Å². The average Bonchev–Trinajstić information content (AvgIpc) is 2.68. The number of rotatable bonds is 6. The summed E-state index contributed by atoms with van der Waals surface area (Å²) in [5.74, 6) is 0.920. The molecular formula is C22H34BrN3O6. The van der Waals surface area contributed by atoms with E-state index in [4.69, 9.17) is 18.9 Å². The number of alkyl carbamates (subject to hydrolysis) is 1. The minimum Gasteiger partial charge on any atom is -0.488 e. The molecule has 1 N–H and O–H groups in total. The molecule has 9 nitrogen and oxygen atoms in total. The van der Waals surface area contributed by atoms with Gasteiger partial charge in [-0.05, 0) is 67.1 Å². The Kier molecular flexibility index (Phi) is 9.57. The normalized spacial score (nSPS) is 16.5. The van der Waals surface area contributed by atoms with Crippen molar-refractivity contribution >= 4 is 28.1 Å². The molecule has 2 aliphatic rings. The molecule has 1 atom stereocenters. The maximum absolute atomic E-state index is 13.0. The number of pyridine rings is 1. The largest absolute Gasteiger partial charge is 0.488 e. The van der Waals surface area contributed by atoms with Crippen molar-refractivity contribution in [3.05, 3.63) is 16.2 Å². The molecule has 0 fully saturated rings. The van der Waals surface area contributed by atoms with Crippen molar-refractivity contribution in [2.24, 2.45) is 5.92 Å². The summed E-state index contributed by atoms with van der Waals surface area (Å²) in [6.45, 7) is 10.2. The van der Waals surface area contributed by atoms with Gasteiger partial charge >= 0.3 is 12.1 Å². The van der Waals surface area contributed by atoms with Gasteiger partial charge in [0, 0.05) is 26.2 Å². The van der Waals surface area contributed by atoms with Gasteiger partial charge in [-0.1, -0.05) is 13.8 Å². The van der Waals surface area contributed by atoms with E-state index in [9.17, 15) is 9.59 Å². The van der Waals surface area contributed by atoms with Gasteiger partial charge in [-0.25, -0.2) is 19.9 Å². The fourth-order valence-electron chi connectivity index (χ4n) is 3.31. The van der Waals surface area contributed by atoms with Crippen molar-refractivity contribution in [3.63, 3.8) is 0 Å². The van der Waals surface area contributed by atoms with Gasteiger partial charge in [-0.2, -0.15) is 0 Å². The van der Waals surface area contributed by atoms with Crippen LogP contribution < -0.4 is 14.8 Å². The zero-order valence-corrected chi connectivity index (χ0v) is 21.3. The van der Waals surface area contributed by atoms with Crippen LogP contribution in [0.3, 0.4) is 0 Å². The monoisotopic (exact) mass is 515 g/mol. The number of amides is 3. The van der Waals surface area contributed by atoms with E-state index < -0.39 is 17.7 Å². The molecule has 0 unspecified atom stereocenters. The predicted octanol–water partition coefficient (Wildman–Crippen LogP) is 4.51. The van der Waals surface area contributed by atoms with Gasteiger partial charge in [0.2, 0.25) is 0 Å². The quantitative estimate of drug-likeness (QED) is 0.439. The summed E-state index contributed by atoms with van der Waals surface area (Å²) < 4.78 is 22.8. The van der Waals surface area contributed by atoms with E-state index in [1.807, 2.05) is 19.9 Å². The topological polar surface area (TPSA) is 99.2 Å². The van der Waals surface area contributed by atoms with Crippen molar-refractivity contribution < 1.29 is 28.5 Å². The smallest absolute Gasteiger partial charge is 0.415 e. The van der Waals surface area contributed by atoms with Crippen LogP contribution in [0, 0.1) is 5.92 Å². The molecule has 0 saturated heterocycles. The van der Waals surface area contributed by atoms with Crippen molar-refractivity contribution in [2.75, 3.05) is 27.1 Å². The zero-order valence-electron chi connectivity index (χ0n) is 19.7. The molecule has 32 heavy (non-hydrogen) atoms. The molecule has 0 saturated carbocycles. The van der Waals surface area contributed by atoms with Crippen molar-refractivity contribution in [2.45, 2.75) is 65.5 Å². The van der Waals surface area contributed by atoms with Crippen molar-refractivity contribution in [1.29, 1.82) is 0 Å². The molecule has 2 bridgehead atoms. The van der Waals surface area contributed by atoms with Crippen LogP contribution in [-0.2, 0) is 15.9 Å². The van der Waals surface area contributed by atoms with Gasteiger partial charge in [0.15, 0.2) is 12.5 Å². The Labute approximate surface area is 198 Å². The molecule has 1 aromatic heterocycles. The number of imide groups is 1. The fourth-order valence-corrected chi connectivity index (χ4v) is 3.79. The maximum atomic E-state index is 13.0. The number of hydrogen-bond acceptors (Lipinski definition) is 7. The number of ether oxygens (including phenoxy) is 4. The minimum atomic E-state index is -0.798. The van der Waals surface area contributed by atoms with E-state index in [-0.39, 0.29) is 24.6 Å². The average molecular weight is 516 g/mol. The fraction of sp³-hybridized carbons (Fsp3) is 0.682. The molecule has 2 aliphatic heterocycles. The standard InChI is InChI=1S/C22H34BrN3O6/c1-14(2)16-9-8-15-12-17(30-11-7-10-29-6)19(24-18(15)23)31-13-26(16)20(27)25-21(28)32-22(3,4)5/h12,14,16H,7-11,13H2,1-6H3,(H,25,27,28)/t16-/m0/s1. The van der Waals surface area contributed by atoms with Crippen LogP contribution in [0.25, 0.3) is 0 Å². The molecule has 3 rings (SSSR count). The summed E-state index contributed by atoms with van der Waals surface area (Å²) in [6, 6.07) is 1.19. The Morgan fingerprint density at radius 1 is 1.34 bits per heavy atom. The van der Waals surface area contributed by atoms with Crippen LogP contribution in [-0.4, -0.2) is 60.7 Å². The lowest BCUT2D eigenvalue weighted by atomic mass is 9.95. The number of nitrogens with zero attached hydrogens (tertiary/aromatic N) is 2. The third-order valence-corrected chi connectivity index (χ3v) is 5.51. The first-order valence-electron chi connectivity index (χ1n) is 10.8. The van der Waals surface area contributed by atoms with Crippen LogP contribution in [0.1, 0.15) is 53.0 Å². The van der Waals surface area contributed by atoms with Crippen LogP contribution in [0.2, 0.25) is 0 Å². The third kappa shape index (κ3) is 7.81. The van der Waals surface area contributed by atoms with Crippen LogP contribution in [0.5, 0.6) is 11.6 Å². The molecule has 10 heteroatoms. The molecule has 1 aromatic rings. The summed E-state index contributed by atoms with van der Waals surface area (Å²) in [4.78, 5) is 31.1. The number of methoxy groups -OCH3 is 1.